The Morgan fingerprint density at radius 1 is 1.21 bits per heavy atom. The van der Waals surface area contributed by atoms with Gasteiger partial charge in [-0.2, -0.15) is 0 Å². The lowest BCUT2D eigenvalue weighted by Crippen LogP contribution is -2.27. The van der Waals surface area contributed by atoms with Crippen LogP contribution in [0.1, 0.15) is 25.5 Å². The van der Waals surface area contributed by atoms with Crippen LogP contribution in [0.25, 0.3) is 11.0 Å². The summed E-state index contributed by atoms with van der Waals surface area (Å²) < 4.78 is 38.1. The molecule has 0 amide bonds. The Bertz CT molecular complexity index is 953. The molecule has 8 heteroatoms. The van der Waals surface area contributed by atoms with Crippen molar-refractivity contribution >= 4 is 21.1 Å². The molecule has 126 valence electrons. The van der Waals surface area contributed by atoms with Crippen molar-refractivity contribution in [2.45, 2.75) is 24.8 Å². The number of benzene rings is 2. The quantitative estimate of drug-likeness (QED) is 0.737. The Kier molecular flexibility index (Phi) is 4.50. The zero-order chi connectivity index (χ0) is 17.2. The SMILES string of the molecule is CCOc1cccc(C(C)NS(=O)(=O)c2cccc3nonc23)c1. The number of hydrogen-bond acceptors (Lipinski definition) is 6. The maximum absolute atomic E-state index is 12.7. The number of nitrogens with one attached hydrogen (secondary N) is 1. The van der Waals surface area contributed by atoms with Gasteiger partial charge in [0.2, 0.25) is 10.0 Å². The van der Waals surface area contributed by atoms with Crippen LogP contribution in [0.15, 0.2) is 52.0 Å². The fraction of sp³-hybridized carbons (Fsp3) is 0.250. The van der Waals surface area contributed by atoms with Gasteiger partial charge in [-0.05, 0) is 54.0 Å². The summed E-state index contributed by atoms with van der Waals surface area (Å²) in [7, 11) is -3.78. The van der Waals surface area contributed by atoms with Crippen molar-refractivity contribution in [1.82, 2.24) is 15.0 Å². The summed E-state index contributed by atoms with van der Waals surface area (Å²) in [5, 5.41) is 7.35. The first-order valence-corrected chi connectivity index (χ1v) is 8.96. The van der Waals surface area contributed by atoms with Crippen LogP contribution in [0.4, 0.5) is 0 Å². The lowest BCUT2D eigenvalue weighted by Gasteiger charge is -2.15. The molecule has 0 aliphatic heterocycles. The van der Waals surface area contributed by atoms with E-state index >= 15 is 0 Å². The van der Waals surface area contributed by atoms with Crippen molar-refractivity contribution in [2.24, 2.45) is 0 Å². The lowest BCUT2D eigenvalue weighted by molar-refractivity contribution is 0.315. The van der Waals surface area contributed by atoms with Gasteiger partial charge in [-0.1, -0.05) is 18.2 Å². The molecule has 1 atom stereocenters. The van der Waals surface area contributed by atoms with Crippen molar-refractivity contribution in [3.8, 4) is 5.75 Å². The summed E-state index contributed by atoms with van der Waals surface area (Å²) in [5.74, 6) is 0.698. The van der Waals surface area contributed by atoms with Gasteiger partial charge < -0.3 is 4.74 Å². The van der Waals surface area contributed by atoms with Gasteiger partial charge in [0, 0.05) is 6.04 Å². The zero-order valence-electron chi connectivity index (χ0n) is 13.3. The van der Waals surface area contributed by atoms with Crippen LogP contribution in [0, 0.1) is 0 Å². The standard InChI is InChI=1S/C16H17N3O4S/c1-3-22-13-7-4-6-12(10-13)11(2)19-24(20,21)15-9-5-8-14-16(15)18-23-17-14/h4-11,19H,3H2,1-2H3. The van der Waals surface area contributed by atoms with Gasteiger partial charge >= 0.3 is 0 Å². The average Bonchev–Trinajstić information content (AvgIpc) is 3.03. The molecule has 3 aromatic rings. The lowest BCUT2D eigenvalue weighted by atomic mass is 10.1. The Balaban J connectivity index is 1.89. The van der Waals surface area contributed by atoms with Gasteiger partial charge in [0.15, 0.2) is 5.52 Å². The second kappa shape index (κ2) is 6.58. The van der Waals surface area contributed by atoms with E-state index in [0.29, 0.717) is 17.9 Å². The first-order valence-electron chi connectivity index (χ1n) is 7.47. The second-order valence-corrected chi connectivity index (χ2v) is 6.92. The smallest absolute Gasteiger partial charge is 0.243 e. The predicted molar refractivity (Wildman–Crippen MR) is 88.2 cm³/mol. The monoisotopic (exact) mass is 347 g/mol. The zero-order valence-corrected chi connectivity index (χ0v) is 14.1. The van der Waals surface area contributed by atoms with E-state index in [0.717, 1.165) is 5.56 Å². The van der Waals surface area contributed by atoms with Crippen molar-refractivity contribution in [1.29, 1.82) is 0 Å². The second-order valence-electron chi connectivity index (χ2n) is 5.24. The molecule has 1 aromatic heterocycles. The fourth-order valence-electron chi connectivity index (χ4n) is 2.40. The van der Waals surface area contributed by atoms with E-state index in [-0.39, 0.29) is 10.4 Å². The van der Waals surface area contributed by atoms with Crippen LogP contribution in [0.2, 0.25) is 0 Å². The van der Waals surface area contributed by atoms with Gasteiger partial charge in [0.25, 0.3) is 0 Å². The van der Waals surface area contributed by atoms with Crippen LogP contribution in [0.3, 0.4) is 0 Å². The molecule has 1 unspecified atom stereocenters. The normalized spacial score (nSPS) is 13.1. The molecule has 7 nitrogen and oxygen atoms in total. The Morgan fingerprint density at radius 2 is 2.00 bits per heavy atom. The van der Waals surface area contributed by atoms with Crippen molar-refractivity contribution in [2.75, 3.05) is 6.61 Å². The molecular formula is C16H17N3O4S. The Hall–Kier alpha value is -2.45. The van der Waals surface area contributed by atoms with Crippen molar-refractivity contribution < 1.29 is 17.8 Å². The molecule has 0 fully saturated rings. The largest absolute Gasteiger partial charge is 0.494 e. The van der Waals surface area contributed by atoms with Crippen LogP contribution in [0.5, 0.6) is 5.75 Å². The van der Waals surface area contributed by atoms with Crippen molar-refractivity contribution in [3.05, 3.63) is 48.0 Å². The first kappa shape index (κ1) is 16.4. The maximum atomic E-state index is 12.7. The van der Waals surface area contributed by atoms with Gasteiger partial charge in [-0.15, -0.1) is 0 Å². The fourth-order valence-corrected chi connectivity index (χ4v) is 3.79. The molecule has 0 aliphatic carbocycles. The summed E-state index contributed by atoms with van der Waals surface area (Å²) in [6.45, 7) is 4.21. The van der Waals surface area contributed by atoms with Gasteiger partial charge in [0.1, 0.15) is 16.2 Å². The highest BCUT2D eigenvalue weighted by Gasteiger charge is 2.23. The van der Waals surface area contributed by atoms with Crippen LogP contribution >= 0.6 is 0 Å². The van der Waals surface area contributed by atoms with E-state index in [1.165, 1.54) is 6.07 Å². The first-order chi connectivity index (χ1) is 11.5. The minimum atomic E-state index is -3.78. The molecule has 0 aliphatic rings. The molecule has 1 N–H and O–H groups in total. The molecule has 0 saturated heterocycles. The highest BCUT2D eigenvalue weighted by atomic mass is 32.2. The molecule has 2 aromatic carbocycles. The summed E-state index contributed by atoms with van der Waals surface area (Å²) in [5.41, 5.74) is 1.40. The third-order valence-electron chi connectivity index (χ3n) is 3.54. The molecular weight excluding hydrogens is 330 g/mol. The molecule has 0 bridgehead atoms. The molecule has 0 saturated carbocycles. The van der Waals surface area contributed by atoms with E-state index < -0.39 is 16.1 Å². The van der Waals surface area contributed by atoms with E-state index in [1.54, 1.807) is 19.1 Å². The van der Waals surface area contributed by atoms with Crippen LogP contribution in [-0.4, -0.2) is 25.3 Å². The van der Waals surface area contributed by atoms with Crippen LogP contribution < -0.4 is 9.46 Å². The summed E-state index contributed by atoms with van der Waals surface area (Å²) in [6.07, 6.45) is 0. The van der Waals surface area contributed by atoms with E-state index in [4.69, 9.17) is 4.74 Å². The number of hydrogen-bond donors (Lipinski definition) is 1. The molecule has 0 spiro atoms. The van der Waals surface area contributed by atoms with Gasteiger partial charge in [-0.3, -0.25) is 0 Å². The number of fused-ring (bicyclic) bond motifs is 1. The van der Waals surface area contributed by atoms with E-state index in [2.05, 4.69) is 19.7 Å². The minimum absolute atomic E-state index is 0.0362. The molecule has 3 rings (SSSR count). The molecule has 1 heterocycles. The number of sulfonamides is 1. The van der Waals surface area contributed by atoms with Gasteiger partial charge in [0.05, 0.1) is 6.61 Å². The summed E-state index contributed by atoms with van der Waals surface area (Å²) >= 11 is 0. The molecule has 0 radical (unpaired) electrons. The van der Waals surface area contributed by atoms with Gasteiger partial charge in [-0.25, -0.2) is 17.8 Å². The number of rotatable bonds is 6. The Morgan fingerprint density at radius 3 is 2.79 bits per heavy atom. The molecule has 24 heavy (non-hydrogen) atoms. The maximum Gasteiger partial charge on any atom is 0.243 e. The van der Waals surface area contributed by atoms with Crippen molar-refractivity contribution in [3.63, 3.8) is 0 Å². The Labute approximate surface area is 139 Å². The van der Waals surface area contributed by atoms with E-state index in [9.17, 15) is 8.42 Å². The third kappa shape index (κ3) is 3.24. The average molecular weight is 347 g/mol. The topological polar surface area (TPSA) is 94.3 Å². The summed E-state index contributed by atoms with van der Waals surface area (Å²) in [4.78, 5) is 0.0362. The number of aromatic nitrogens is 2. The van der Waals surface area contributed by atoms with E-state index in [1.807, 2.05) is 31.2 Å². The number of ether oxygens (including phenoxy) is 1. The summed E-state index contributed by atoms with van der Waals surface area (Å²) in [6, 6.07) is 11.6. The predicted octanol–water partition coefficient (Wildman–Crippen LogP) is 2.66. The highest BCUT2D eigenvalue weighted by molar-refractivity contribution is 7.89. The van der Waals surface area contributed by atoms with Crippen LogP contribution in [-0.2, 0) is 10.0 Å². The number of nitrogens with zero attached hydrogens (tertiary/aromatic N) is 2. The minimum Gasteiger partial charge on any atom is -0.494 e. The highest BCUT2D eigenvalue weighted by Crippen LogP contribution is 2.24. The third-order valence-corrected chi connectivity index (χ3v) is 5.11.